The Morgan fingerprint density at radius 2 is 0.900 bits per heavy atom. The molecule has 0 N–H and O–H groups in total. The van der Waals surface area contributed by atoms with E-state index in [-0.39, 0.29) is 18.9 Å². The SMILES string of the molecule is Sc1nc(S)nc(S)n1.[LiH]. The maximum atomic E-state index is 3.86. The summed E-state index contributed by atoms with van der Waals surface area (Å²) >= 11 is 11.6. The molecular weight excluding hydrogens is 181 g/mol. The minimum absolute atomic E-state index is 0. The molecule has 1 aromatic heterocycles. The molecule has 0 aliphatic rings. The van der Waals surface area contributed by atoms with E-state index in [1.54, 1.807) is 0 Å². The zero-order chi connectivity index (χ0) is 6.85. The van der Waals surface area contributed by atoms with E-state index in [1.165, 1.54) is 0 Å². The first kappa shape index (κ1) is 10.7. The van der Waals surface area contributed by atoms with Gasteiger partial charge < -0.3 is 0 Å². The van der Waals surface area contributed by atoms with Crippen LogP contribution in [0.15, 0.2) is 15.5 Å². The second-order valence-electron chi connectivity index (χ2n) is 1.24. The fourth-order valence-electron chi connectivity index (χ4n) is 0.343. The van der Waals surface area contributed by atoms with Gasteiger partial charge in [0.1, 0.15) is 0 Å². The Bertz CT molecular complexity index is 180. The van der Waals surface area contributed by atoms with E-state index in [0.717, 1.165) is 0 Å². The maximum absolute atomic E-state index is 3.86. The average Bonchev–Trinajstić information content (AvgIpc) is 1.59. The van der Waals surface area contributed by atoms with Crippen LogP contribution < -0.4 is 0 Å². The van der Waals surface area contributed by atoms with E-state index in [2.05, 4.69) is 52.8 Å². The van der Waals surface area contributed by atoms with Crippen LogP contribution in [0.5, 0.6) is 0 Å². The number of nitrogens with zero attached hydrogens (tertiary/aromatic N) is 3. The van der Waals surface area contributed by atoms with Crippen molar-refractivity contribution in [1.29, 1.82) is 0 Å². The van der Waals surface area contributed by atoms with E-state index in [1.807, 2.05) is 0 Å². The summed E-state index contributed by atoms with van der Waals surface area (Å²) < 4.78 is 0. The van der Waals surface area contributed by atoms with Crippen molar-refractivity contribution in [2.75, 3.05) is 0 Å². The van der Waals surface area contributed by atoms with Crippen molar-refractivity contribution in [3.05, 3.63) is 0 Å². The van der Waals surface area contributed by atoms with Gasteiger partial charge in [0.2, 0.25) is 0 Å². The number of thiol groups is 3. The third kappa shape index (κ3) is 3.17. The van der Waals surface area contributed by atoms with Crippen LogP contribution in [-0.2, 0) is 0 Å². The van der Waals surface area contributed by atoms with Crippen LogP contribution in [0.1, 0.15) is 0 Å². The van der Waals surface area contributed by atoms with Crippen molar-refractivity contribution in [1.82, 2.24) is 15.0 Å². The van der Waals surface area contributed by atoms with E-state index in [9.17, 15) is 0 Å². The molecule has 0 amide bonds. The summed E-state index contributed by atoms with van der Waals surface area (Å²) in [5, 5.41) is 1.00. The van der Waals surface area contributed by atoms with Crippen LogP contribution in [0.3, 0.4) is 0 Å². The predicted octanol–water partition coefficient (Wildman–Crippen LogP) is 0.0892. The van der Waals surface area contributed by atoms with Crippen molar-refractivity contribution in [2.45, 2.75) is 15.5 Å². The summed E-state index contributed by atoms with van der Waals surface area (Å²) in [7, 11) is 0. The molecule has 0 radical (unpaired) electrons. The van der Waals surface area contributed by atoms with Crippen LogP contribution >= 0.6 is 37.9 Å². The standard InChI is InChI=1S/C3H3N3S3.Li.H/c7-1-4-2(8)6-3(9)5-1;;/h(H3,4,5,6,7,8,9);;. The number of hydrogen-bond acceptors (Lipinski definition) is 6. The molecule has 1 heterocycles. The quantitative estimate of drug-likeness (QED) is 0.396. The van der Waals surface area contributed by atoms with E-state index < -0.39 is 0 Å². The van der Waals surface area contributed by atoms with Gasteiger partial charge in [-0.15, -0.1) is 37.9 Å². The molecule has 0 atom stereocenters. The molecule has 0 aliphatic carbocycles. The van der Waals surface area contributed by atoms with E-state index in [4.69, 9.17) is 0 Å². The third-order valence-corrected chi connectivity index (χ3v) is 1.20. The topological polar surface area (TPSA) is 38.7 Å². The van der Waals surface area contributed by atoms with Gasteiger partial charge in [-0.05, 0) is 0 Å². The molecule has 0 bridgehead atoms. The summed E-state index contributed by atoms with van der Waals surface area (Å²) in [6.45, 7) is 0. The summed E-state index contributed by atoms with van der Waals surface area (Å²) in [6.07, 6.45) is 0. The van der Waals surface area contributed by atoms with Gasteiger partial charge in [-0.25, -0.2) is 0 Å². The Morgan fingerprint density at radius 1 is 0.700 bits per heavy atom. The summed E-state index contributed by atoms with van der Waals surface area (Å²) in [5.74, 6) is 0. The van der Waals surface area contributed by atoms with Crippen molar-refractivity contribution >= 4 is 56.7 Å². The van der Waals surface area contributed by atoms with Gasteiger partial charge >= 0.3 is 18.9 Å². The van der Waals surface area contributed by atoms with Gasteiger partial charge in [-0.3, -0.25) is 0 Å². The molecule has 0 spiro atoms. The van der Waals surface area contributed by atoms with Crippen LogP contribution in [-0.4, -0.2) is 33.8 Å². The van der Waals surface area contributed by atoms with Gasteiger partial charge in [0.25, 0.3) is 0 Å². The van der Waals surface area contributed by atoms with E-state index in [0.29, 0.717) is 15.5 Å². The van der Waals surface area contributed by atoms with Crippen LogP contribution in [0.25, 0.3) is 0 Å². The van der Waals surface area contributed by atoms with Crippen LogP contribution in [0.2, 0.25) is 0 Å². The van der Waals surface area contributed by atoms with E-state index >= 15 is 0 Å². The zero-order valence-corrected chi connectivity index (χ0v) is 6.87. The predicted molar refractivity (Wildman–Crippen MR) is 48.7 cm³/mol. The Hall–Kier alpha value is 0.657. The van der Waals surface area contributed by atoms with Gasteiger partial charge in [-0.1, -0.05) is 0 Å². The molecule has 0 aromatic carbocycles. The Kier molecular flexibility index (Phi) is 4.82. The van der Waals surface area contributed by atoms with Crippen LogP contribution in [0.4, 0.5) is 0 Å². The molecule has 0 unspecified atom stereocenters. The summed E-state index contributed by atoms with van der Waals surface area (Å²) in [4.78, 5) is 11.1. The number of rotatable bonds is 0. The fourth-order valence-corrected chi connectivity index (χ4v) is 1.15. The van der Waals surface area contributed by atoms with Crippen LogP contribution in [0, 0.1) is 0 Å². The summed E-state index contributed by atoms with van der Waals surface area (Å²) in [5.41, 5.74) is 0. The first-order valence-electron chi connectivity index (χ1n) is 2.01. The van der Waals surface area contributed by atoms with Gasteiger partial charge in [0, 0.05) is 0 Å². The second-order valence-corrected chi connectivity index (χ2v) is 2.44. The molecular formula is C3H4LiN3S3. The molecule has 0 saturated heterocycles. The first-order chi connectivity index (χ1) is 4.18. The summed E-state index contributed by atoms with van der Waals surface area (Å²) in [6, 6.07) is 0. The molecule has 3 nitrogen and oxygen atoms in total. The van der Waals surface area contributed by atoms with Crippen molar-refractivity contribution in [3.63, 3.8) is 0 Å². The molecule has 50 valence electrons. The van der Waals surface area contributed by atoms with Crippen molar-refractivity contribution in [2.24, 2.45) is 0 Å². The monoisotopic (exact) mass is 185 g/mol. The Balaban J connectivity index is 0.000000810. The number of aromatic nitrogens is 3. The van der Waals surface area contributed by atoms with Crippen molar-refractivity contribution in [3.8, 4) is 0 Å². The molecule has 1 rings (SSSR count). The van der Waals surface area contributed by atoms with Gasteiger partial charge in [0.15, 0.2) is 15.5 Å². The second kappa shape index (κ2) is 4.52. The molecule has 1 aromatic rings. The molecule has 7 heteroatoms. The molecule has 10 heavy (non-hydrogen) atoms. The number of hydrogen-bond donors (Lipinski definition) is 3. The Morgan fingerprint density at radius 3 is 1.10 bits per heavy atom. The first-order valence-corrected chi connectivity index (χ1v) is 3.35. The van der Waals surface area contributed by atoms with Gasteiger partial charge in [0.05, 0.1) is 0 Å². The van der Waals surface area contributed by atoms with Gasteiger partial charge in [-0.2, -0.15) is 15.0 Å². The minimum atomic E-state index is 0. The third-order valence-electron chi connectivity index (χ3n) is 0.600. The normalized spacial score (nSPS) is 8.70. The zero-order valence-electron chi connectivity index (χ0n) is 4.18. The molecule has 0 aliphatic heterocycles. The molecule has 0 saturated carbocycles. The Labute approximate surface area is 86.9 Å². The fraction of sp³-hybridized carbons (Fsp3) is 0. The average molecular weight is 185 g/mol. The molecule has 0 fully saturated rings. The van der Waals surface area contributed by atoms with Crippen molar-refractivity contribution < 1.29 is 0 Å².